The molecule has 0 saturated carbocycles. The number of halogens is 2. The van der Waals surface area contributed by atoms with Crippen LogP contribution in [0.15, 0.2) is 23.4 Å². The van der Waals surface area contributed by atoms with E-state index >= 15 is 0 Å². The first kappa shape index (κ1) is 19.3. The van der Waals surface area contributed by atoms with Gasteiger partial charge in [0.25, 0.3) is 5.76 Å². The first-order valence-corrected chi connectivity index (χ1v) is 8.80. The molecule has 0 aliphatic rings. The highest BCUT2D eigenvalue weighted by molar-refractivity contribution is 7.99. The summed E-state index contributed by atoms with van der Waals surface area (Å²) in [5, 5.41) is 2.98. The van der Waals surface area contributed by atoms with Crippen LogP contribution in [0.25, 0.3) is 0 Å². The number of amides is 1. The van der Waals surface area contributed by atoms with Gasteiger partial charge in [-0.1, -0.05) is 12.1 Å². The van der Waals surface area contributed by atoms with Crippen molar-refractivity contribution in [3.05, 3.63) is 46.3 Å². The number of aryl methyl sites for hydroxylation is 4. The fraction of sp³-hybridized carbons (Fsp3) is 0.389. The van der Waals surface area contributed by atoms with E-state index in [-0.39, 0.29) is 17.5 Å². The third kappa shape index (κ3) is 5.49. The van der Waals surface area contributed by atoms with Crippen molar-refractivity contribution in [1.29, 1.82) is 0 Å². The second kappa shape index (κ2) is 8.38. The third-order valence-electron chi connectivity index (χ3n) is 3.86. The average Bonchev–Trinajstić information content (AvgIpc) is 2.49. The van der Waals surface area contributed by atoms with Crippen LogP contribution in [0.1, 0.15) is 34.5 Å². The zero-order chi connectivity index (χ0) is 18.6. The first-order chi connectivity index (χ1) is 11.8. The van der Waals surface area contributed by atoms with Gasteiger partial charge < -0.3 is 5.32 Å². The summed E-state index contributed by atoms with van der Waals surface area (Å²) in [5.41, 5.74) is 4.98. The molecule has 0 radical (unpaired) electrons. The minimum atomic E-state index is -2.55. The van der Waals surface area contributed by atoms with Gasteiger partial charge in [0.1, 0.15) is 0 Å². The molecular weight excluding hydrogens is 344 g/mol. The first-order valence-electron chi connectivity index (χ1n) is 7.92. The molecule has 0 unspecified atom stereocenters. The van der Waals surface area contributed by atoms with Crippen LogP contribution in [0.5, 0.6) is 0 Å². The lowest BCUT2D eigenvalue weighted by Crippen LogP contribution is -2.14. The van der Waals surface area contributed by atoms with Crippen molar-refractivity contribution in [2.24, 2.45) is 0 Å². The van der Waals surface area contributed by atoms with Gasteiger partial charge in [-0.15, -0.1) is 0 Å². The van der Waals surface area contributed by atoms with Crippen molar-refractivity contribution in [1.82, 2.24) is 9.97 Å². The van der Waals surface area contributed by atoms with Gasteiger partial charge in [-0.25, -0.2) is 9.97 Å². The fourth-order valence-electron chi connectivity index (χ4n) is 2.52. The second-order valence-electron chi connectivity index (χ2n) is 5.90. The molecule has 0 atom stereocenters. The van der Waals surface area contributed by atoms with Gasteiger partial charge in [0.2, 0.25) is 5.91 Å². The molecule has 0 fully saturated rings. The summed E-state index contributed by atoms with van der Waals surface area (Å²) in [7, 11) is 0. The summed E-state index contributed by atoms with van der Waals surface area (Å²) in [6.45, 7) is 7.42. The quantitative estimate of drug-likeness (QED) is 0.601. The van der Waals surface area contributed by atoms with Crippen molar-refractivity contribution in [3.8, 4) is 0 Å². The van der Waals surface area contributed by atoms with Crippen molar-refractivity contribution in [2.45, 2.75) is 51.5 Å². The van der Waals surface area contributed by atoms with Crippen LogP contribution in [-0.4, -0.2) is 21.6 Å². The topological polar surface area (TPSA) is 54.9 Å². The molecule has 0 aliphatic heterocycles. The highest BCUT2D eigenvalue weighted by Gasteiger charge is 2.14. The molecule has 0 saturated heterocycles. The second-order valence-corrected chi connectivity index (χ2v) is 6.86. The lowest BCUT2D eigenvalue weighted by atomic mass is 10.1. The largest absolute Gasteiger partial charge is 0.326 e. The van der Waals surface area contributed by atoms with Crippen LogP contribution in [0.4, 0.5) is 14.5 Å². The third-order valence-corrected chi connectivity index (χ3v) is 4.44. The normalized spacial score (nSPS) is 11.0. The van der Waals surface area contributed by atoms with Crippen molar-refractivity contribution >= 4 is 23.4 Å². The molecule has 1 N–H and O–H groups in total. The molecule has 1 aromatic heterocycles. The van der Waals surface area contributed by atoms with Crippen LogP contribution >= 0.6 is 11.8 Å². The van der Waals surface area contributed by atoms with E-state index < -0.39 is 5.76 Å². The fourth-order valence-corrected chi connectivity index (χ4v) is 3.06. The highest BCUT2D eigenvalue weighted by Crippen LogP contribution is 2.24. The molecule has 0 aliphatic carbocycles. The van der Waals surface area contributed by atoms with Gasteiger partial charge in [0, 0.05) is 23.5 Å². The van der Waals surface area contributed by atoms with Gasteiger partial charge in [-0.2, -0.15) is 8.78 Å². The standard InChI is InChI=1S/C18H21F2N3OS/c1-10-5-6-11(2)15(9-10)23-16(24)8-7-14-12(3)21-18(22-13(14)4)25-17(19)20/h5-6,9,17H,7-8H2,1-4H3,(H,23,24). The Labute approximate surface area is 150 Å². The van der Waals surface area contributed by atoms with E-state index in [1.165, 1.54) is 0 Å². The monoisotopic (exact) mass is 365 g/mol. The van der Waals surface area contributed by atoms with E-state index in [0.717, 1.165) is 22.4 Å². The number of aromatic nitrogens is 2. The maximum atomic E-state index is 12.4. The summed E-state index contributed by atoms with van der Waals surface area (Å²) in [5.74, 6) is -2.65. The van der Waals surface area contributed by atoms with Gasteiger partial charge in [-0.3, -0.25) is 4.79 Å². The minimum absolute atomic E-state index is 0.0635. The molecule has 1 heterocycles. The zero-order valence-electron chi connectivity index (χ0n) is 14.7. The molecule has 0 bridgehead atoms. The molecule has 25 heavy (non-hydrogen) atoms. The van der Waals surface area contributed by atoms with Crippen LogP contribution in [0, 0.1) is 27.7 Å². The van der Waals surface area contributed by atoms with Crippen molar-refractivity contribution < 1.29 is 13.6 Å². The Balaban J connectivity index is 2.03. The minimum Gasteiger partial charge on any atom is -0.326 e. The number of hydrogen-bond acceptors (Lipinski definition) is 4. The summed E-state index contributed by atoms with van der Waals surface area (Å²) in [6.07, 6.45) is 0.744. The number of nitrogens with zero attached hydrogens (tertiary/aromatic N) is 2. The maximum Gasteiger partial charge on any atom is 0.291 e. The molecule has 1 amide bonds. The number of nitrogens with one attached hydrogen (secondary N) is 1. The van der Waals surface area contributed by atoms with E-state index in [4.69, 9.17) is 0 Å². The number of anilines is 1. The SMILES string of the molecule is Cc1ccc(C)c(NC(=O)CCc2c(C)nc(SC(F)F)nc2C)c1. The summed E-state index contributed by atoms with van der Waals surface area (Å²) >= 11 is 0.330. The number of benzene rings is 1. The predicted molar refractivity (Wildman–Crippen MR) is 96.2 cm³/mol. The number of carbonyl (C=O) groups excluding carboxylic acids is 1. The lowest BCUT2D eigenvalue weighted by molar-refractivity contribution is -0.116. The Kier molecular flexibility index (Phi) is 6.47. The molecule has 134 valence electrons. The van der Waals surface area contributed by atoms with E-state index in [1.54, 1.807) is 13.8 Å². The highest BCUT2D eigenvalue weighted by atomic mass is 32.2. The van der Waals surface area contributed by atoms with E-state index in [2.05, 4.69) is 15.3 Å². The smallest absolute Gasteiger partial charge is 0.291 e. The molecule has 2 aromatic rings. The Morgan fingerprint density at radius 3 is 2.40 bits per heavy atom. The number of carbonyl (C=O) groups is 1. The lowest BCUT2D eigenvalue weighted by Gasteiger charge is -2.12. The van der Waals surface area contributed by atoms with E-state index in [9.17, 15) is 13.6 Å². The maximum absolute atomic E-state index is 12.4. The summed E-state index contributed by atoms with van der Waals surface area (Å²) in [4.78, 5) is 20.4. The molecule has 7 heteroatoms. The van der Waals surface area contributed by atoms with Crippen LogP contribution < -0.4 is 5.32 Å². The number of alkyl halides is 2. The average molecular weight is 365 g/mol. The zero-order valence-corrected chi connectivity index (χ0v) is 15.5. The molecular formula is C18H21F2N3OS. The molecule has 2 rings (SSSR count). The van der Waals surface area contributed by atoms with Crippen molar-refractivity contribution in [3.63, 3.8) is 0 Å². The Morgan fingerprint density at radius 1 is 1.16 bits per heavy atom. The van der Waals surface area contributed by atoms with Gasteiger partial charge in [-0.05, 0) is 68.6 Å². The van der Waals surface area contributed by atoms with Gasteiger partial charge in [0.15, 0.2) is 5.16 Å². The predicted octanol–water partition coefficient (Wildman–Crippen LogP) is 4.60. The van der Waals surface area contributed by atoms with Crippen LogP contribution in [0.3, 0.4) is 0 Å². The summed E-state index contributed by atoms with van der Waals surface area (Å²) in [6, 6.07) is 5.89. The molecule has 4 nitrogen and oxygen atoms in total. The van der Waals surface area contributed by atoms with Crippen molar-refractivity contribution in [2.75, 3.05) is 5.32 Å². The van der Waals surface area contributed by atoms with Gasteiger partial charge in [0.05, 0.1) is 0 Å². The number of thioether (sulfide) groups is 1. The number of rotatable bonds is 6. The molecule has 1 aromatic carbocycles. The molecule has 0 spiro atoms. The Hall–Kier alpha value is -2.02. The summed E-state index contributed by atoms with van der Waals surface area (Å²) < 4.78 is 24.9. The van der Waals surface area contributed by atoms with Crippen LogP contribution in [0.2, 0.25) is 0 Å². The van der Waals surface area contributed by atoms with E-state index in [0.29, 0.717) is 29.6 Å². The number of hydrogen-bond donors (Lipinski definition) is 1. The Morgan fingerprint density at radius 2 is 1.80 bits per heavy atom. The van der Waals surface area contributed by atoms with E-state index in [1.807, 2.05) is 32.0 Å². The van der Waals surface area contributed by atoms with Crippen LogP contribution in [-0.2, 0) is 11.2 Å². The van der Waals surface area contributed by atoms with Gasteiger partial charge >= 0.3 is 0 Å². The Bertz CT molecular complexity index is 758.